The molecule has 1 rings (SSSR count). The Labute approximate surface area is 82.5 Å². The zero-order chi connectivity index (χ0) is 9.90. The van der Waals surface area contributed by atoms with E-state index in [1.165, 1.54) is 32.1 Å². The summed E-state index contributed by atoms with van der Waals surface area (Å²) in [5.74, 6) is 0.507. The first-order valence-electron chi connectivity index (χ1n) is 5.70. The Morgan fingerprint density at radius 2 is 1.46 bits per heavy atom. The summed E-state index contributed by atoms with van der Waals surface area (Å²) in [5.41, 5.74) is 0.275. The van der Waals surface area contributed by atoms with Gasteiger partial charge < -0.3 is 5.11 Å². The van der Waals surface area contributed by atoms with Gasteiger partial charge in [0.25, 0.3) is 0 Å². The third-order valence-electron chi connectivity index (χ3n) is 3.34. The first-order valence-corrected chi connectivity index (χ1v) is 5.70. The van der Waals surface area contributed by atoms with Gasteiger partial charge in [-0.05, 0) is 24.2 Å². The molecule has 0 heterocycles. The highest BCUT2D eigenvalue weighted by Gasteiger charge is 2.30. The fourth-order valence-electron chi connectivity index (χ4n) is 2.48. The lowest BCUT2D eigenvalue weighted by Crippen LogP contribution is -2.32. The molecule has 78 valence electrons. The van der Waals surface area contributed by atoms with Gasteiger partial charge in [-0.15, -0.1) is 0 Å². The summed E-state index contributed by atoms with van der Waals surface area (Å²) < 4.78 is 0. The molecule has 0 saturated heterocycles. The standard InChI is InChI=1S/C12H24O/c1-12(2,3)10-8-6-4-5-7-9-11(10)13/h10-11,13H,4-9H2,1-3H3/t10-,11-/m0/s1. The Hall–Kier alpha value is -0.0400. The molecule has 1 heteroatoms. The maximum absolute atomic E-state index is 10.0. The van der Waals surface area contributed by atoms with Crippen LogP contribution in [0.5, 0.6) is 0 Å². The molecule has 2 atom stereocenters. The van der Waals surface area contributed by atoms with Gasteiger partial charge in [-0.2, -0.15) is 0 Å². The Balaban J connectivity index is 2.56. The largest absolute Gasteiger partial charge is 0.393 e. The van der Waals surface area contributed by atoms with Crippen LogP contribution in [0, 0.1) is 11.3 Å². The fourth-order valence-corrected chi connectivity index (χ4v) is 2.48. The van der Waals surface area contributed by atoms with E-state index in [0.29, 0.717) is 5.92 Å². The van der Waals surface area contributed by atoms with Gasteiger partial charge in [0.2, 0.25) is 0 Å². The van der Waals surface area contributed by atoms with Crippen molar-refractivity contribution in [1.29, 1.82) is 0 Å². The molecule has 0 aromatic rings. The molecule has 0 aromatic heterocycles. The zero-order valence-corrected chi connectivity index (χ0v) is 9.34. The van der Waals surface area contributed by atoms with Gasteiger partial charge in [-0.25, -0.2) is 0 Å². The second-order valence-corrected chi connectivity index (χ2v) is 5.53. The maximum atomic E-state index is 10.0. The second kappa shape index (κ2) is 4.45. The maximum Gasteiger partial charge on any atom is 0.0573 e. The third kappa shape index (κ3) is 3.30. The molecule has 1 aliphatic carbocycles. The third-order valence-corrected chi connectivity index (χ3v) is 3.34. The summed E-state index contributed by atoms with van der Waals surface area (Å²) in [6, 6.07) is 0. The van der Waals surface area contributed by atoms with Crippen LogP contribution in [-0.4, -0.2) is 11.2 Å². The van der Waals surface area contributed by atoms with Crippen LogP contribution in [0.2, 0.25) is 0 Å². The van der Waals surface area contributed by atoms with Crippen molar-refractivity contribution in [3.8, 4) is 0 Å². The number of hydrogen-bond acceptors (Lipinski definition) is 1. The van der Waals surface area contributed by atoms with Crippen molar-refractivity contribution in [2.24, 2.45) is 11.3 Å². The fraction of sp³-hybridized carbons (Fsp3) is 1.00. The first-order chi connectivity index (χ1) is 6.02. The lowest BCUT2D eigenvalue weighted by atomic mass is 9.72. The lowest BCUT2D eigenvalue weighted by molar-refractivity contribution is 0.0233. The predicted molar refractivity (Wildman–Crippen MR) is 56.7 cm³/mol. The number of aliphatic hydroxyl groups is 1. The normalized spacial score (nSPS) is 32.3. The zero-order valence-electron chi connectivity index (χ0n) is 9.34. The van der Waals surface area contributed by atoms with Gasteiger partial charge >= 0.3 is 0 Å². The molecule has 0 radical (unpaired) electrons. The number of aliphatic hydroxyl groups excluding tert-OH is 1. The van der Waals surface area contributed by atoms with Crippen molar-refractivity contribution in [2.45, 2.75) is 65.4 Å². The molecule has 0 aliphatic heterocycles. The average Bonchev–Trinajstić information content (AvgIpc) is 1.94. The quantitative estimate of drug-likeness (QED) is 0.612. The number of hydrogen-bond donors (Lipinski definition) is 1. The van der Waals surface area contributed by atoms with Crippen LogP contribution in [0.15, 0.2) is 0 Å². The highest BCUT2D eigenvalue weighted by Crippen LogP contribution is 2.36. The Morgan fingerprint density at radius 3 is 2.00 bits per heavy atom. The van der Waals surface area contributed by atoms with Crippen LogP contribution in [0.3, 0.4) is 0 Å². The summed E-state index contributed by atoms with van der Waals surface area (Å²) >= 11 is 0. The van der Waals surface area contributed by atoms with Crippen molar-refractivity contribution >= 4 is 0 Å². The van der Waals surface area contributed by atoms with Crippen LogP contribution >= 0.6 is 0 Å². The van der Waals surface area contributed by atoms with E-state index in [9.17, 15) is 5.11 Å². The minimum absolute atomic E-state index is 0.0553. The van der Waals surface area contributed by atoms with Crippen molar-refractivity contribution in [2.75, 3.05) is 0 Å². The van der Waals surface area contributed by atoms with Crippen molar-refractivity contribution in [3.63, 3.8) is 0 Å². The Kier molecular flexibility index (Phi) is 3.78. The van der Waals surface area contributed by atoms with Gasteiger partial charge in [0.05, 0.1) is 6.10 Å². The molecule has 1 N–H and O–H groups in total. The Bertz CT molecular complexity index is 146. The van der Waals surface area contributed by atoms with E-state index in [0.717, 1.165) is 6.42 Å². The smallest absolute Gasteiger partial charge is 0.0573 e. The van der Waals surface area contributed by atoms with E-state index in [1.54, 1.807) is 0 Å². The van der Waals surface area contributed by atoms with E-state index in [4.69, 9.17) is 0 Å². The van der Waals surface area contributed by atoms with Gasteiger partial charge in [0.1, 0.15) is 0 Å². The summed E-state index contributed by atoms with van der Waals surface area (Å²) in [6.07, 6.45) is 7.37. The highest BCUT2D eigenvalue weighted by molar-refractivity contribution is 4.81. The Morgan fingerprint density at radius 1 is 0.923 bits per heavy atom. The van der Waals surface area contributed by atoms with Gasteiger partial charge in [-0.3, -0.25) is 0 Å². The topological polar surface area (TPSA) is 20.2 Å². The monoisotopic (exact) mass is 184 g/mol. The van der Waals surface area contributed by atoms with Crippen molar-refractivity contribution < 1.29 is 5.11 Å². The molecule has 1 saturated carbocycles. The summed E-state index contributed by atoms with van der Waals surface area (Å²) in [4.78, 5) is 0. The van der Waals surface area contributed by atoms with Crippen LogP contribution < -0.4 is 0 Å². The van der Waals surface area contributed by atoms with Crippen LogP contribution in [0.1, 0.15) is 59.3 Å². The van der Waals surface area contributed by atoms with Crippen molar-refractivity contribution in [1.82, 2.24) is 0 Å². The lowest BCUT2D eigenvalue weighted by Gasteiger charge is -2.36. The number of rotatable bonds is 0. The van der Waals surface area contributed by atoms with Crippen LogP contribution in [-0.2, 0) is 0 Å². The van der Waals surface area contributed by atoms with E-state index in [2.05, 4.69) is 20.8 Å². The van der Waals surface area contributed by atoms with E-state index in [1.807, 2.05) is 0 Å². The highest BCUT2D eigenvalue weighted by atomic mass is 16.3. The molecule has 0 aromatic carbocycles. The average molecular weight is 184 g/mol. The van der Waals surface area contributed by atoms with Crippen molar-refractivity contribution in [3.05, 3.63) is 0 Å². The molecule has 1 aliphatic rings. The van der Waals surface area contributed by atoms with Gasteiger partial charge in [0.15, 0.2) is 0 Å². The van der Waals surface area contributed by atoms with Gasteiger partial charge in [0, 0.05) is 0 Å². The SMILES string of the molecule is CC(C)(C)[C@H]1CCCCCC[C@@H]1O. The predicted octanol–water partition coefficient (Wildman–Crippen LogP) is 3.36. The minimum atomic E-state index is -0.0553. The van der Waals surface area contributed by atoms with E-state index < -0.39 is 0 Å². The van der Waals surface area contributed by atoms with Gasteiger partial charge in [-0.1, -0.05) is 46.5 Å². The molecule has 13 heavy (non-hydrogen) atoms. The molecule has 0 spiro atoms. The summed E-state index contributed by atoms with van der Waals surface area (Å²) in [6.45, 7) is 6.76. The molecular formula is C12H24O. The first kappa shape index (κ1) is 11.0. The molecule has 1 fully saturated rings. The molecular weight excluding hydrogens is 160 g/mol. The summed E-state index contributed by atoms with van der Waals surface area (Å²) in [5, 5.41) is 10.0. The van der Waals surface area contributed by atoms with E-state index >= 15 is 0 Å². The summed E-state index contributed by atoms with van der Waals surface area (Å²) in [7, 11) is 0. The minimum Gasteiger partial charge on any atom is -0.393 e. The molecule has 0 bridgehead atoms. The molecule has 1 nitrogen and oxygen atoms in total. The van der Waals surface area contributed by atoms with Crippen LogP contribution in [0.4, 0.5) is 0 Å². The molecule has 0 amide bonds. The van der Waals surface area contributed by atoms with Crippen LogP contribution in [0.25, 0.3) is 0 Å². The molecule has 0 unspecified atom stereocenters. The van der Waals surface area contributed by atoms with E-state index in [-0.39, 0.29) is 11.5 Å². The second-order valence-electron chi connectivity index (χ2n) is 5.53.